The minimum Gasteiger partial charge on any atom is -0.393 e. The van der Waals surface area contributed by atoms with E-state index in [0.717, 1.165) is 17.7 Å². The second kappa shape index (κ2) is 8.41. The number of piperidine rings is 1. The van der Waals surface area contributed by atoms with Gasteiger partial charge in [-0.15, -0.1) is 0 Å². The van der Waals surface area contributed by atoms with E-state index in [0.29, 0.717) is 38.4 Å². The quantitative estimate of drug-likeness (QED) is 0.840. The highest BCUT2D eigenvalue weighted by atomic mass is 16.3. The molecule has 2 heterocycles. The Hall–Kier alpha value is -1.46. The Morgan fingerprint density at radius 1 is 1.39 bits per heavy atom. The Morgan fingerprint density at radius 2 is 2.09 bits per heavy atom. The molecule has 0 bridgehead atoms. The highest BCUT2D eigenvalue weighted by Gasteiger charge is 2.27. The average molecular weight is 319 g/mol. The number of rotatable bonds is 6. The van der Waals surface area contributed by atoms with Crippen molar-refractivity contribution in [1.82, 2.24) is 15.2 Å². The second-order valence-electron chi connectivity index (χ2n) is 6.95. The first-order valence-corrected chi connectivity index (χ1v) is 8.57. The highest BCUT2D eigenvalue weighted by Crippen LogP contribution is 2.14. The van der Waals surface area contributed by atoms with E-state index in [1.165, 1.54) is 0 Å². The lowest BCUT2D eigenvalue weighted by molar-refractivity contribution is -0.136. The molecule has 1 aliphatic rings. The molecule has 5 nitrogen and oxygen atoms in total. The number of amides is 1. The van der Waals surface area contributed by atoms with Gasteiger partial charge in [-0.2, -0.15) is 0 Å². The lowest BCUT2D eigenvalue weighted by Gasteiger charge is -2.33. The SMILES string of the molecule is Cc1ccc(CNC(CC(C)C)C(=O)N2CCC(O)CC2)nc1. The molecule has 1 unspecified atom stereocenters. The number of hydrogen-bond acceptors (Lipinski definition) is 4. The normalized spacial score (nSPS) is 17.5. The van der Waals surface area contributed by atoms with E-state index in [9.17, 15) is 9.90 Å². The van der Waals surface area contributed by atoms with Crippen LogP contribution in [-0.2, 0) is 11.3 Å². The summed E-state index contributed by atoms with van der Waals surface area (Å²) in [5, 5.41) is 13.0. The van der Waals surface area contributed by atoms with Crippen molar-refractivity contribution >= 4 is 5.91 Å². The smallest absolute Gasteiger partial charge is 0.239 e. The molecule has 0 spiro atoms. The van der Waals surface area contributed by atoms with Crippen molar-refractivity contribution in [3.05, 3.63) is 29.6 Å². The molecule has 5 heteroatoms. The van der Waals surface area contributed by atoms with Crippen LogP contribution in [0.15, 0.2) is 18.3 Å². The monoisotopic (exact) mass is 319 g/mol. The predicted octanol–water partition coefficient (Wildman–Crippen LogP) is 1.88. The van der Waals surface area contributed by atoms with Gasteiger partial charge in [0.25, 0.3) is 0 Å². The van der Waals surface area contributed by atoms with Crippen LogP contribution in [-0.4, -0.2) is 46.1 Å². The minimum absolute atomic E-state index is 0.151. The molecule has 1 aromatic heterocycles. The van der Waals surface area contributed by atoms with Gasteiger partial charge in [0, 0.05) is 25.8 Å². The van der Waals surface area contributed by atoms with Crippen LogP contribution >= 0.6 is 0 Å². The largest absolute Gasteiger partial charge is 0.393 e. The molecule has 1 atom stereocenters. The fraction of sp³-hybridized carbons (Fsp3) is 0.667. The third kappa shape index (κ3) is 5.59. The molecule has 1 saturated heterocycles. The van der Waals surface area contributed by atoms with Gasteiger partial charge < -0.3 is 15.3 Å². The third-order valence-corrected chi connectivity index (χ3v) is 4.28. The summed E-state index contributed by atoms with van der Waals surface area (Å²) in [6.07, 6.45) is 3.76. The van der Waals surface area contributed by atoms with E-state index in [2.05, 4.69) is 24.1 Å². The Kier molecular flexibility index (Phi) is 6.54. The molecule has 1 aromatic rings. The molecule has 23 heavy (non-hydrogen) atoms. The van der Waals surface area contributed by atoms with E-state index in [-0.39, 0.29) is 18.1 Å². The molecule has 128 valence electrons. The number of hydrogen-bond donors (Lipinski definition) is 2. The first-order valence-electron chi connectivity index (χ1n) is 8.57. The lowest BCUT2D eigenvalue weighted by atomic mass is 10.0. The standard InChI is InChI=1S/C18H29N3O2/c1-13(2)10-17(18(23)21-8-6-16(22)7-9-21)20-12-15-5-4-14(3)11-19-15/h4-5,11,13,16-17,20,22H,6-10,12H2,1-3H3. The number of likely N-dealkylation sites (tertiary alicyclic amines) is 1. The molecule has 2 N–H and O–H groups in total. The number of aliphatic hydroxyl groups excluding tert-OH is 1. The maximum Gasteiger partial charge on any atom is 0.239 e. The summed E-state index contributed by atoms with van der Waals surface area (Å²) >= 11 is 0. The van der Waals surface area contributed by atoms with Crippen LogP contribution in [0.5, 0.6) is 0 Å². The van der Waals surface area contributed by atoms with Crippen molar-refractivity contribution in [3.63, 3.8) is 0 Å². The number of aromatic nitrogens is 1. The van der Waals surface area contributed by atoms with E-state index in [1.807, 2.05) is 30.2 Å². The number of nitrogens with zero attached hydrogens (tertiary/aromatic N) is 2. The van der Waals surface area contributed by atoms with Gasteiger partial charge in [-0.25, -0.2) is 0 Å². The molecular weight excluding hydrogens is 290 g/mol. The summed E-state index contributed by atoms with van der Waals surface area (Å²) in [7, 11) is 0. The van der Waals surface area contributed by atoms with Gasteiger partial charge in [0.05, 0.1) is 17.8 Å². The number of aliphatic hydroxyl groups is 1. The van der Waals surface area contributed by atoms with E-state index in [1.54, 1.807) is 0 Å². The Balaban J connectivity index is 1.95. The van der Waals surface area contributed by atoms with Gasteiger partial charge in [0.2, 0.25) is 5.91 Å². The molecule has 0 saturated carbocycles. The van der Waals surface area contributed by atoms with Crippen molar-refractivity contribution in [1.29, 1.82) is 0 Å². The van der Waals surface area contributed by atoms with Crippen LogP contribution in [0.1, 0.15) is 44.4 Å². The Morgan fingerprint density at radius 3 is 2.65 bits per heavy atom. The number of nitrogens with one attached hydrogen (secondary N) is 1. The summed E-state index contributed by atoms with van der Waals surface area (Å²) in [5.41, 5.74) is 2.08. The van der Waals surface area contributed by atoms with Gasteiger partial charge >= 0.3 is 0 Å². The molecule has 1 fully saturated rings. The van der Waals surface area contributed by atoms with Crippen LogP contribution < -0.4 is 5.32 Å². The summed E-state index contributed by atoms with van der Waals surface area (Å²) in [5.74, 6) is 0.593. The van der Waals surface area contributed by atoms with Crippen LogP contribution in [0.3, 0.4) is 0 Å². The van der Waals surface area contributed by atoms with Gasteiger partial charge in [0.1, 0.15) is 0 Å². The average Bonchev–Trinajstić information content (AvgIpc) is 2.52. The minimum atomic E-state index is -0.257. The summed E-state index contributed by atoms with van der Waals surface area (Å²) in [4.78, 5) is 19.1. The Bertz CT molecular complexity index is 493. The fourth-order valence-corrected chi connectivity index (χ4v) is 2.88. The van der Waals surface area contributed by atoms with Crippen molar-refractivity contribution < 1.29 is 9.90 Å². The molecule has 0 radical (unpaired) electrons. The van der Waals surface area contributed by atoms with Crippen LogP contribution in [0.4, 0.5) is 0 Å². The van der Waals surface area contributed by atoms with Gasteiger partial charge in [-0.3, -0.25) is 9.78 Å². The molecule has 0 aromatic carbocycles. The summed E-state index contributed by atoms with van der Waals surface area (Å²) in [6.45, 7) is 8.18. The first kappa shape index (κ1) is 17.9. The maximum atomic E-state index is 12.8. The predicted molar refractivity (Wildman–Crippen MR) is 90.9 cm³/mol. The molecule has 2 rings (SSSR count). The molecule has 0 aliphatic carbocycles. The van der Waals surface area contributed by atoms with Crippen molar-refractivity contribution in [3.8, 4) is 0 Å². The zero-order valence-corrected chi connectivity index (χ0v) is 14.5. The summed E-state index contributed by atoms with van der Waals surface area (Å²) in [6, 6.07) is 3.85. The highest BCUT2D eigenvalue weighted by molar-refractivity contribution is 5.82. The second-order valence-corrected chi connectivity index (χ2v) is 6.95. The zero-order valence-electron chi connectivity index (χ0n) is 14.5. The fourth-order valence-electron chi connectivity index (χ4n) is 2.88. The van der Waals surface area contributed by atoms with Crippen LogP contribution in [0.2, 0.25) is 0 Å². The van der Waals surface area contributed by atoms with Gasteiger partial charge in [-0.05, 0) is 43.7 Å². The van der Waals surface area contributed by atoms with Crippen LogP contribution in [0.25, 0.3) is 0 Å². The third-order valence-electron chi connectivity index (χ3n) is 4.28. The van der Waals surface area contributed by atoms with E-state index >= 15 is 0 Å². The van der Waals surface area contributed by atoms with Crippen molar-refractivity contribution in [2.24, 2.45) is 5.92 Å². The van der Waals surface area contributed by atoms with Gasteiger partial charge in [-0.1, -0.05) is 19.9 Å². The molecular formula is C18H29N3O2. The van der Waals surface area contributed by atoms with E-state index in [4.69, 9.17) is 0 Å². The van der Waals surface area contributed by atoms with Gasteiger partial charge in [0.15, 0.2) is 0 Å². The number of pyridine rings is 1. The Labute approximate surface area is 139 Å². The number of aryl methyl sites for hydroxylation is 1. The summed E-state index contributed by atoms with van der Waals surface area (Å²) < 4.78 is 0. The van der Waals surface area contributed by atoms with E-state index < -0.39 is 0 Å². The van der Waals surface area contributed by atoms with Crippen molar-refractivity contribution in [2.75, 3.05) is 13.1 Å². The zero-order chi connectivity index (χ0) is 16.8. The molecule has 1 amide bonds. The lowest BCUT2D eigenvalue weighted by Crippen LogP contribution is -2.50. The topological polar surface area (TPSA) is 65.5 Å². The van der Waals surface area contributed by atoms with Crippen molar-refractivity contribution in [2.45, 2.75) is 58.7 Å². The van der Waals surface area contributed by atoms with Crippen LogP contribution in [0, 0.1) is 12.8 Å². The molecule has 1 aliphatic heterocycles. The first-order chi connectivity index (χ1) is 11.0. The number of carbonyl (C=O) groups is 1. The number of carbonyl (C=O) groups excluding carboxylic acids is 1. The maximum absolute atomic E-state index is 12.8.